The molecular weight excluding hydrogens is 346 g/mol. The molecule has 1 aromatic heterocycles. The van der Waals surface area contributed by atoms with Crippen LogP contribution >= 0.6 is 12.2 Å². The molecule has 2 aromatic carbocycles. The summed E-state index contributed by atoms with van der Waals surface area (Å²) < 4.78 is 30.1. The second-order valence-electron chi connectivity index (χ2n) is 5.11. The van der Waals surface area contributed by atoms with Gasteiger partial charge in [-0.25, -0.2) is 13.6 Å². The Labute approximate surface area is 144 Å². The van der Waals surface area contributed by atoms with Crippen molar-refractivity contribution in [2.45, 2.75) is 4.90 Å². The lowest BCUT2D eigenvalue weighted by atomic mass is 10.1. The molecule has 0 saturated carbocycles. The van der Waals surface area contributed by atoms with Gasteiger partial charge >= 0.3 is 0 Å². The molecule has 0 aliphatic carbocycles. The Morgan fingerprint density at radius 1 is 1.08 bits per heavy atom. The number of hydrogen-bond acceptors (Lipinski definition) is 4. The molecule has 24 heavy (non-hydrogen) atoms. The molecule has 0 amide bonds. The summed E-state index contributed by atoms with van der Waals surface area (Å²) in [7, 11) is -2.10. The second-order valence-corrected chi connectivity index (χ2v) is 7.06. The topological polar surface area (TPSA) is 90.1 Å². The third-order valence-corrected chi connectivity index (χ3v) is 4.79. The molecule has 124 valence electrons. The van der Waals surface area contributed by atoms with Gasteiger partial charge in [-0.1, -0.05) is 0 Å². The van der Waals surface area contributed by atoms with Crippen LogP contribution in [0.25, 0.3) is 16.9 Å². The van der Waals surface area contributed by atoms with Crippen molar-refractivity contribution >= 4 is 22.2 Å². The van der Waals surface area contributed by atoms with Gasteiger partial charge in [-0.3, -0.25) is 4.57 Å². The predicted octanol–water partition coefficient (Wildman–Crippen LogP) is 2.86. The zero-order valence-electron chi connectivity index (χ0n) is 12.8. The summed E-state index contributed by atoms with van der Waals surface area (Å²) in [6.07, 6.45) is 1.86. The number of primary sulfonamides is 1. The third-order valence-electron chi connectivity index (χ3n) is 3.56. The first-order chi connectivity index (χ1) is 11.4. The van der Waals surface area contributed by atoms with Gasteiger partial charge in [-0.15, -0.1) is 0 Å². The van der Waals surface area contributed by atoms with Crippen LogP contribution in [0.5, 0.6) is 5.75 Å². The van der Waals surface area contributed by atoms with E-state index in [-0.39, 0.29) is 4.90 Å². The molecule has 8 heteroatoms. The number of nitrogens with one attached hydrogen (secondary N) is 1. The largest absolute Gasteiger partial charge is 0.497 e. The van der Waals surface area contributed by atoms with E-state index in [9.17, 15) is 8.42 Å². The van der Waals surface area contributed by atoms with Crippen molar-refractivity contribution in [3.05, 3.63) is 59.5 Å². The van der Waals surface area contributed by atoms with Gasteiger partial charge in [0.1, 0.15) is 5.75 Å². The van der Waals surface area contributed by atoms with Gasteiger partial charge < -0.3 is 9.72 Å². The van der Waals surface area contributed by atoms with E-state index in [0.717, 1.165) is 22.7 Å². The molecule has 0 saturated heterocycles. The van der Waals surface area contributed by atoms with Gasteiger partial charge in [-0.2, -0.15) is 0 Å². The first-order valence-corrected chi connectivity index (χ1v) is 8.93. The summed E-state index contributed by atoms with van der Waals surface area (Å²) in [6, 6.07) is 13.8. The molecule has 0 aliphatic rings. The zero-order chi connectivity index (χ0) is 17.3. The molecule has 0 atom stereocenters. The van der Waals surface area contributed by atoms with Gasteiger partial charge in [0.25, 0.3) is 0 Å². The van der Waals surface area contributed by atoms with E-state index in [2.05, 4.69) is 4.98 Å². The number of aromatic nitrogens is 2. The Morgan fingerprint density at radius 3 is 2.25 bits per heavy atom. The number of aromatic amines is 1. The van der Waals surface area contributed by atoms with Crippen LogP contribution in [-0.4, -0.2) is 25.1 Å². The molecule has 0 fully saturated rings. The summed E-state index contributed by atoms with van der Waals surface area (Å²) in [4.78, 5) is 3.19. The van der Waals surface area contributed by atoms with E-state index < -0.39 is 10.0 Å². The Balaban J connectivity index is 1.98. The van der Waals surface area contributed by atoms with Crippen molar-refractivity contribution in [3.63, 3.8) is 0 Å². The maximum Gasteiger partial charge on any atom is 0.238 e. The highest BCUT2D eigenvalue weighted by Gasteiger charge is 2.09. The standard InChI is InChI=1S/C16H15N3O3S2/c1-22-13-6-2-11(3-7-13)15-10-19(16(23)18-15)12-4-8-14(9-5-12)24(17,20)21/h2-10H,1H3,(H,18,23)(H2,17,20,21). The van der Waals surface area contributed by atoms with Crippen LogP contribution in [0.2, 0.25) is 0 Å². The first kappa shape index (κ1) is 16.4. The average Bonchev–Trinajstić information content (AvgIpc) is 2.96. The van der Waals surface area contributed by atoms with Crippen LogP contribution in [-0.2, 0) is 10.0 Å². The Kier molecular flexibility index (Phi) is 4.27. The van der Waals surface area contributed by atoms with Crippen molar-refractivity contribution in [1.82, 2.24) is 9.55 Å². The Bertz CT molecular complexity index is 1020. The molecule has 0 bridgehead atoms. The van der Waals surface area contributed by atoms with Crippen LogP contribution in [0.3, 0.4) is 0 Å². The lowest BCUT2D eigenvalue weighted by Crippen LogP contribution is -2.11. The number of nitrogens with two attached hydrogens (primary N) is 1. The SMILES string of the molecule is COc1ccc(-c2cn(-c3ccc(S(N)(=O)=O)cc3)c(=S)[nH]2)cc1. The van der Waals surface area contributed by atoms with Crippen LogP contribution in [0, 0.1) is 4.77 Å². The molecule has 0 radical (unpaired) electrons. The molecule has 6 nitrogen and oxygen atoms in total. The molecule has 3 aromatic rings. The van der Waals surface area contributed by atoms with Crippen LogP contribution < -0.4 is 9.88 Å². The minimum absolute atomic E-state index is 0.0590. The van der Waals surface area contributed by atoms with E-state index in [1.807, 2.05) is 30.5 Å². The highest BCUT2D eigenvalue weighted by molar-refractivity contribution is 7.89. The minimum atomic E-state index is -3.71. The average molecular weight is 361 g/mol. The smallest absolute Gasteiger partial charge is 0.238 e. The highest BCUT2D eigenvalue weighted by Crippen LogP contribution is 2.23. The zero-order valence-corrected chi connectivity index (χ0v) is 14.4. The quantitative estimate of drug-likeness (QED) is 0.699. The first-order valence-electron chi connectivity index (χ1n) is 6.98. The molecular formula is C16H15N3O3S2. The van der Waals surface area contributed by atoms with E-state index in [4.69, 9.17) is 22.1 Å². The van der Waals surface area contributed by atoms with Crippen molar-refractivity contribution in [2.75, 3.05) is 7.11 Å². The fourth-order valence-electron chi connectivity index (χ4n) is 2.30. The maximum atomic E-state index is 11.3. The van der Waals surface area contributed by atoms with E-state index in [0.29, 0.717) is 4.77 Å². The van der Waals surface area contributed by atoms with Crippen molar-refractivity contribution in [3.8, 4) is 22.7 Å². The maximum absolute atomic E-state index is 11.3. The molecule has 0 aliphatic heterocycles. The second kappa shape index (κ2) is 6.23. The summed E-state index contributed by atoms with van der Waals surface area (Å²) in [5, 5.41) is 5.11. The Hall–Kier alpha value is -2.42. The number of hydrogen-bond donors (Lipinski definition) is 2. The van der Waals surface area contributed by atoms with Crippen LogP contribution in [0.4, 0.5) is 0 Å². The lowest BCUT2D eigenvalue weighted by molar-refractivity contribution is 0.415. The highest BCUT2D eigenvalue weighted by atomic mass is 32.2. The van der Waals surface area contributed by atoms with Gasteiger partial charge in [0.15, 0.2) is 4.77 Å². The predicted molar refractivity (Wildman–Crippen MR) is 94.3 cm³/mol. The summed E-state index contributed by atoms with van der Waals surface area (Å²) in [6.45, 7) is 0. The number of H-pyrrole nitrogens is 1. The third kappa shape index (κ3) is 3.25. The monoisotopic (exact) mass is 361 g/mol. The van der Waals surface area contributed by atoms with Crippen molar-refractivity contribution < 1.29 is 13.2 Å². The van der Waals surface area contributed by atoms with E-state index >= 15 is 0 Å². The van der Waals surface area contributed by atoms with E-state index in [1.54, 1.807) is 23.8 Å². The van der Waals surface area contributed by atoms with Crippen LogP contribution in [0.15, 0.2) is 59.6 Å². The van der Waals surface area contributed by atoms with E-state index in [1.165, 1.54) is 12.1 Å². The lowest BCUT2D eigenvalue weighted by Gasteiger charge is -2.04. The number of sulfonamides is 1. The minimum Gasteiger partial charge on any atom is -0.497 e. The fraction of sp³-hybridized carbons (Fsp3) is 0.0625. The summed E-state index contributed by atoms with van der Waals surface area (Å²) in [5.41, 5.74) is 2.54. The van der Waals surface area contributed by atoms with Gasteiger partial charge in [0.05, 0.1) is 17.7 Å². The van der Waals surface area contributed by atoms with Crippen molar-refractivity contribution in [1.29, 1.82) is 0 Å². The summed E-state index contributed by atoms with van der Waals surface area (Å²) in [5.74, 6) is 0.773. The van der Waals surface area contributed by atoms with Gasteiger partial charge in [0, 0.05) is 11.9 Å². The Morgan fingerprint density at radius 2 is 1.71 bits per heavy atom. The number of rotatable bonds is 4. The summed E-state index contributed by atoms with van der Waals surface area (Å²) >= 11 is 5.35. The number of ether oxygens (including phenoxy) is 1. The molecule has 3 N–H and O–H groups in total. The number of nitrogens with zero attached hydrogens (tertiary/aromatic N) is 1. The van der Waals surface area contributed by atoms with Crippen LogP contribution in [0.1, 0.15) is 0 Å². The number of methoxy groups -OCH3 is 1. The number of imidazole rings is 1. The van der Waals surface area contributed by atoms with Crippen molar-refractivity contribution in [2.24, 2.45) is 5.14 Å². The molecule has 1 heterocycles. The number of benzene rings is 2. The normalized spacial score (nSPS) is 11.4. The fourth-order valence-corrected chi connectivity index (χ4v) is 3.08. The molecule has 0 unspecified atom stereocenters. The molecule has 0 spiro atoms. The molecule has 3 rings (SSSR count). The van der Waals surface area contributed by atoms with Gasteiger partial charge in [-0.05, 0) is 66.3 Å². The van der Waals surface area contributed by atoms with Gasteiger partial charge in [0.2, 0.25) is 10.0 Å².